The maximum Gasteiger partial charge on any atom is 0.138 e. The van der Waals surface area contributed by atoms with Crippen molar-refractivity contribution in [2.45, 2.75) is 32.6 Å². The van der Waals surface area contributed by atoms with E-state index < -0.39 is 0 Å². The molecule has 0 saturated carbocycles. The highest BCUT2D eigenvalue weighted by Gasteiger charge is 2.22. The van der Waals surface area contributed by atoms with Crippen molar-refractivity contribution < 1.29 is 4.79 Å². The van der Waals surface area contributed by atoms with Crippen LogP contribution < -0.4 is 5.32 Å². The summed E-state index contributed by atoms with van der Waals surface area (Å²) in [6.45, 7) is 4.44. The van der Waals surface area contributed by atoms with Crippen molar-refractivity contribution in [1.82, 2.24) is 5.32 Å². The summed E-state index contributed by atoms with van der Waals surface area (Å²) in [5.74, 6) is 1.56. The van der Waals surface area contributed by atoms with Crippen molar-refractivity contribution in [3.05, 3.63) is 20.8 Å². The lowest BCUT2D eigenvalue weighted by Gasteiger charge is -2.27. The van der Waals surface area contributed by atoms with Gasteiger partial charge in [-0.3, -0.25) is 4.79 Å². The van der Waals surface area contributed by atoms with E-state index in [1.54, 1.807) is 11.3 Å². The second-order valence-corrected chi connectivity index (χ2v) is 7.76. The van der Waals surface area contributed by atoms with Crippen molar-refractivity contribution in [1.29, 1.82) is 0 Å². The molecule has 0 aromatic carbocycles. The van der Waals surface area contributed by atoms with E-state index in [-0.39, 0.29) is 0 Å². The summed E-state index contributed by atoms with van der Waals surface area (Å²) >= 11 is 5.10. The minimum Gasteiger partial charge on any atom is -0.316 e. The van der Waals surface area contributed by atoms with Crippen molar-refractivity contribution in [3.8, 4) is 0 Å². The van der Waals surface area contributed by atoms with E-state index in [0.29, 0.717) is 24.0 Å². The first-order valence-electron chi connectivity index (χ1n) is 6.62. The Morgan fingerprint density at radius 3 is 3.06 bits per heavy atom. The molecule has 1 aliphatic rings. The van der Waals surface area contributed by atoms with Crippen molar-refractivity contribution in [2.75, 3.05) is 13.1 Å². The molecule has 1 fully saturated rings. The summed E-state index contributed by atoms with van der Waals surface area (Å²) < 4.78 is 1.11. The molecule has 1 aliphatic heterocycles. The number of thiophene rings is 1. The van der Waals surface area contributed by atoms with E-state index >= 15 is 0 Å². The number of carbonyl (C=O) groups excluding carboxylic acids is 1. The first kappa shape index (κ1) is 14.2. The van der Waals surface area contributed by atoms with Gasteiger partial charge in [-0.25, -0.2) is 0 Å². The summed E-state index contributed by atoms with van der Waals surface area (Å²) in [5.41, 5.74) is 0. The van der Waals surface area contributed by atoms with Crippen LogP contribution in [0.15, 0.2) is 15.9 Å². The van der Waals surface area contributed by atoms with Crippen LogP contribution in [0.4, 0.5) is 0 Å². The molecule has 18 heavy (non-hydrogen) atoms. The predicted molar refractivity (Wildman–Crippen MR) is 80.1 cm³/mol. The van der Waals surface area contributed by atoms with Gasteiger partial charge in [-0.15, -0.1) is 11.3 Å². The molecule has 0 spiro atoms. The predicted octanol–water partition coefficient (Wildman–Crippen LogP) is 3.65. The van der Waals surface area contributed by atoms with Crippen LogP contribution in [0, 0.1) is 11.8 Å². The van der Waals surface area contributed by atoms with Crippen LogP contribution in [0.25, 0.3) is 0 Å². The number of carbonyl (C=O) groups is 1. The maximum atomic E-state index is 12.0. The van der Waals surface area contributed by atoms with E-state index in [9.17, 15) is 4.79 Å². The van der Waals surface area contributed by atoms with Gasteiger partial charge in [-0.1, -0.05) is 6.92 Å². The van der Waals surface area contributed by atoms with Crippen molar-refractivity contribution in [2.24, 2.45) is 11.8 Å². The molecule has 0 radical (unpaired) electrons. The molecule has 1 aromatic heterocycles. The Bertz CT molecular complexity index is 398. The average molecular weight is 330 g/mol. The van der Waals surface area contributed by atoms with E-state index in [1.807, 2.05) is 12.1 Å². The van der Waals surface area contributed by atoms with Crippen LogP contribution >= 0.6 is 27.3 Å². The fourth-order valence-corrected chi connectivity index (χ4v) is 4.12. The molecule has 2 nitrogen and oxygen atoms in total. The Labute approximate surface area is 121 Å². The van der Waals surface area contributed by atoms with Gasteiger partial charge in [0.2, 0.25) is 0 Å². The zero-order chi connectivity index (χ0) is 13.0. The number of hydrogen-bond donors (Lipinski definition) is 1. The maximum absolute atomic E-state index is 12.0. The molecular formula is C14H20BrNOS. The van der Waals surface area contributed by atoms with Gasteiger partial charge in [0, 0.05) is 17.7 Å². The van der Waals surface area contributed by atoms with Gasteiger partial charge in [0.1, 0.15) is 5.78 Å². The zero-order valence-corrected chi connectivity index (χ0v) is 13.1. The number of halogens is 1. The lowest BCUT2D eigenvalue weighted by Crippen LogP contribution is -2.34. The standard InChI is InChI=1S/C14H20BrNOS/c1-10(11-3-2-6-16-9-11)7-12(17)8-13-4-5-14(15)18-13/h4-5,10-11,16H,2-3,6-9H2,1H3. The summed E-state index contributed by atoms with van der Waals surface area (Å²) in [7, 11) is 0. The smallest absolute Gasteiger partial charge is 0.138 e. The molecule has 1 N–H and O–H groups in total. The van der Waals surface area contributed by atoms with E-state index in [0.717, 1.165) is 23.3 Å². The minimum atomic E-state index is 0.377. The van der Waals surface area contributed by atoms with Crippen molar-refractivity contribution >= 4 is 33.0 Å². The van der Waals surface area contributed by atoms with E-state index in [1.165, 1.54) is 17.7 Å². The molecule has 1 saturated heterocycles. The molecule has 100 valence electrons. The summed E-state index contributed by atoms with van der Waals surface area (Å²) in [6.07, 6.45) is 3.84. The molecule has 2 rings (SSSR count). The lowest BCUT2D eigenvalue weighted by molar-refractivity contribution is -0.119. The molecule has 2 unspecified atom stereocenters. The van der Waals surface area contributed by atoms with E-state index in [2.05, 4.69) is 28.2 Å². The second kappa shape index (κ2) is 6.83. The van der Waals surface area contributed by atoms with Crippen molar-refractivity contribution in [3.63, 3.8) is 0 Å². The van der Waals surface area contributed by atoms with Gasteiger partial charge in [-0.2, -0.15) is 0 Å². The highest BCUT2D eigenvalue weighted by atomic mass is 79.9. The number of nitrogens with one attached hydrogen (secondary N) is 1. The number of ketones is 1. The Kier molecular flexibility index (Phi) is 5.39. The Hall–Kier alpha value is -0.190. The zero-order valence-electron chi connectivity index (χ0n) is 10.7. The second-order valence-electron chi connectivity index (χ2n) is 5.21. The van der Waals surface area contributed by atoms with Gasteiger partial charge >= 0.3 is 0 Å². The molecular weight excluding hydrogens is 310 g/mol. The molecule has 2 heterocycles. The molecule has 0 bridgehead atoms. The molecule has 0 amide bonds. The van der Waals surface area contributed by atoms with Gasteiger partial charge in [0.25, 0.3) is 0 Å². The fourth-order valence-electron chi connectivity index (χ4n) is 2.60. The third kappa shape index (κ3) is 4.18. The van der Waals surface area contributed by atoms with Gasteiger partial charge in [-0.05, 0) is 65.8 Å². The van der Waals surface area contributed by atoms with Gasteiger partial charge in [0.05, 0.1) is 3.79 Å². The Morgan fingerprint density at radius 2 is 2.44 bits per heavy atom. The van der Waals surface area contributed by atoms with E-state index in [4.69, 9.17) is 0 Å². The number of hydrogen-bond acceptors (Lipinski definition) is 3. The van der Waals surface area contributed by atoms with Gasteiger partial charge in [0.15, 0.2) is 0 Å². The minimum absolute atomic E-state index is 0.377. The van der Waals surface area contributed by atoms with Crippen LogP contribution in [-0.4, -0.2) is 18.9 Å². The summed E-state index contributed by atoms with van der Waals surface area (Å²) in [5, 5.41) is 3.43. The average Bonchev–Trinajstić information content (AvgIpc) is 2.75. The highest BCUT2D eigenvalue weighted by molar-refractivity contribution is 9.11. The topological polar surface area (TPSA) is 29.1 Å². The normalized spacial score (nSPS) is 21.8. The van der Waals surface area contributed by atoms with Gasteiger partial charge < -0.3 is 5.32 Å². The van der Waals surface area contributed by atoms with Crippen LogP contribution in [0.2, 0.25) is 0 Å². The lowest BCUT2D eigenvalue weighted by atomic mass is 9.84. The van der Waals surface area contributed by atoms with Crippen LogP contribution in [0.1, 0.15) is 31.1 Å². The Morgan fingerprint density at radius 1 is 1.61 bits per heavy atom. The first-order chi connectivity index (χ1) is 8.65. The third-order valence-corrected chi connectivity index (χ3v) is 5.31. The Balaban J connectivity index is 1.79. The number of rotatable bonds is 5. The molecule has 2 atom stereocenters. The molecule has 0 aliphatic carbocycles. The summed E-state index contributed by atoms with van der Waals surface area (Å²) in [6, 6.07) is 4.06. The molecule has 1 aromatic rings. The third-order valence-electron chi connectivity index (χ3n) is 3.69. The largest absolute Gasteiger partial charge is 0.316 e. The van der Waals surface area contributed by atoms with Crippen LogP contribution in [0.3, 0.4) is 0 Å². The van der Waals surface area contributed by atoms with Crippen LogP contribution in [-0.2, 0) is 11.2 Å². The quantitative estimate of drug-likeness (QED) is 0.893. The van der Waals surface area contributed by atoms with Crippen LogP contribution in [0.5, 0.6) is 0 Å². The first-order valence-corrected chi connectivity index (χ1v) is 8.22. The number of Topliss-reactive ketones (excluding diaryl/α,β-unsaturated/α-hetero) is 1. The SMILES string of the molecule is CC(CC(=O)Cc1ccc(Br)s1)C1CCCNC1. The molecule has 4 heteroatoms. The highest BCUT2D eigenvalue weighted by Crippen LogP contribution is 2.26. The monoisotopic (exact) mass is 329 g/mol. The fraction of sp³-hybridized carbons (Fsp3) is 0.643. The summed E-state index contributed by atoms with van der Waals surface area (Å²) in [4.78, 5) is 13.2. The number of piperidine rings is 1.